The van der Waals surface area contributed by atoms with Crippen LogP contribution in [0.3, 0.4) is 0 Å². The maximum absolute atomic E-state index is 11.7. The first kappa shape index (κ1) is 12.0. The highest BCUT2D eigenvalue weighted by Crippen LogP contribution is 2.13. The van der Waals surface area contributed by atoms with Crippen LogP contribution in [0.2, 0.25) is 5.28 Å². The number of carbonyl (C=O) groups is 1. The van der Waals surface area contributed by atoms with E-state index in [0.29, 0.717) is 0 Å². The summed E-state index contributed by atoms with van der Waals surface area (Å²) in [7, 11) is 0. The van der Waals surface area contributed by atoms with E-state index in [-0.39, 0.29) is 22.5 Å². The highest BCUT2D eigenvalue weighted by Gasteiger charge is 2.14. The Morgan fingerprint density at radius 2 is 2.33 bits per heavy atom. The first-order valence-electron chi connectivity index (χ1n) is 4.69. The van der Waals surface area contributed by atoms with Gasteiger partial charge in [-0.25, -0.2) is 9.97 Å². The van der Waals surface area contributed by atoms with Crippen molar-refractivity contribution < 1.29 is 9.72 Å². The zero-order chi connectivity index (χ0) is 13.1. The largest absolute Gasteiger partial charge is 0.351 e. The average molecular weight is 268 g/mol. The van der Waals surface area contributed by atoms with E-state index in [0.717, 1.165) is 12.3 Å². The minimum atomic E-state index is -0.602. The Bertz CT molecular complexity index is 612. The molecule has 0 unspecified atom stereocenters. The van der Waals surface area contributed by atoms with E-state index in [1.807, 2.05) is 0 Å². The lowest BCUT2D eigenvalue weighted by atomic mass is 10.4. The monoisotopic (exact) mass is 267 g/mol. The predicted octanol–water partition coefficient (Wildman–Crippen LogP) is 1.62. The van der Waals surface area contributed by atoms with Crippen LogP contribution in [0.25, 0.3) is 0 Å². The molecule has 2 aromatic heterocycles. The topological polar surface area (TPSA) is 114 Å². The van der Waals surface area contributed by atoms with Gasteiger partial charge in [0.25, 0.3) is 11.6 Å². The quantitative estimate of drug-likeness (QED) is 0.498. The molecule has 2 aromatic rings. The van der Waals surface area contributed by atoms with E-state index in [1.165, 1.54) is 12.3 Å². The van der Waals surface area contributed by atoms with Gasteiger partial charge < -0.3 is 10.3 Å². The normalized spacial score (nSPS) is 10.1. The van der Waals surface area contributed by atoms with Gasteiger partial charge in [-0.15, -0.1) is 0 Å². The maximum Gasteiger partial charge on any atom is 0.287 e. The second-order valence-electron chi connectivity index (χ2n) is 3.19. The Morgan fingerprint density at radius 3 is 2.94 bits per heavy atom. The molecule has 0 aliphatic rings. The van der Waals surface area contributed by atoms with E-state index in [4.69, 9.17) is 11.6 Å². The van der Waals surface area contributed by atoms with E-state index < -0.39 is 10.8 Å². The van der Waals surface area contributed by atoms with Crippen molar-refractivity contribution in [3.05, 3.63) is 45.6 Å². The zero-order valence-electron chi connectivity index (χ0n) is 8.75. The van der Waals surface area contributed by atoms with Crippen molar-refractivity contribution in [2.24, 2.45) is 0 Å². The van der Waals surface area contributed by atoms with Gasteiger partial charge in [-0.05, 0) is 17.7 Å². The molecule has 0 radical (unpaired) electrons. The van der Waals surface area contributed by atoms with Crippen molar-refractivity contribution in [3.8, 4) is 0 Å². The summed E-state index contributed by atoms with van der Waals surface area (Å²) in [4.78, 5) is 31.4. The number of aromatic nitrogens is 3. The fourth-order valence-electron chi connectivity index (χ4n) is 1.21. The molecular formula is C9H6ClN5O3. The number of rotatable bonds is 3. The molecule has 9 heteroatoms. The number of nitrogens with zero attached hydrogens (tertiary/aromatic N) is 3. The summed E-state index contributed by atoms with van der Waals surface area (Å²) in [6.45, 7) is 0. The van der Waals surface area contributed by atoms with Crippen LogP contribution in [-0.4, -0.2) is 25.8 Å². The molecule has 2 N–H and O–H groups in total. The molecule has 0 aromatic carbocycles. The van der Waals surface area contributed by atoms with Crippen molar-refractivity contribution in [1.29, 1.82) is 0 Å². The standard InChI is InChI=1S/C9H6ClN5O3/c10-9-11-2-1-7(14-9)13-8(16)6-3-5(4-12-6)15(17)18/h1-4,12H,(H,11,13,14,16). The Kier molecular flexibility index (Phi) is 3.20. The van der Waals surface area contributed by atoms with Crippen molar-refractivity contribution >= 4 is 29.0 Å². The van der Waals surface area contributed by atoms with Crippen LogP contribution in [-0.2, 0) is 0 Å². The Hall–Kier alpha value is -2.48. The molecule has 8 nitrogen and oxygen atoms in total. The second-order valence-corrected chi connectivity index (χ2v) is 3.53. The summed E-state index contributed by atoms with van der Waals surface area (Å²) in [5.74, 6) is -0.352. The molecule has 0 spiro atoms. The van der Waals surface area contributed by atoms with Crippen molar-refractivity contribution in [2.75, 3.05) is 5.32 Å². The summed E-state index contributed by atoms with van der Waals surface area (Å²) in [5, 5.41) is 12.9. The van der Waals surface area contributed by atoms with Crippen molar-refractivity contribution in [1.82, 2.24) is 15.0 Å². The van der Waals surface area contributed by atoms with Gasteiger partial charge in [-0.2, -0.15) is 0 Å². The Morgan fingerprint density at radius 1 is 1.56 bits per heavy atom. The van der Waals surface area contributed by atoms with Crippen LogP contribution in [0.4, 0.5) is 11.5 Å². The molecule has 92 valence electrons. The third-order valence-electron chi connectivity index (χ3n) is 1.99. The van der Waals surface area contributed by atoms with E-state index in [9.17, 15) is 14.9 Å². The first-order chi connectivity index (χ1) is 8.56. The van der Waals surface area contributed by atoms with Crippen LogP contribution >= 0.6 is 11.6 Å². The molecule has 0 saturated heterocycles. The Labute approximate surface area is 105 Å². The van der Waals surface area contributed by atoms with Crippen LogP contribution in [0, 0.1) is 10.1 Å². The number of nitrogens with one attached hydrogen (secondary N) is 2. The van der Waals surface area contributed by atoms with Gasteiger partial charge in [0, 0.05) is 12.3 Å². The van der Waals surface area contributed by atoms with E-state index in [1.54, 1.807) is 0 Å². The Balaban J connectivity index is 2.14. The van der Waals surface area contributed by atoms with Gasteiger partial charge in [-0.3, -0.25) is 14.9 Å². The van der Waals surface area contributed by atoms with E-state index in [2.05, 4.69) is 20.3 Å². The number of amides is 1. The summed E-state index contributed by atoms with van der Waals surface area (Å²) >= 11 is 5.55. The maximum atomic E-state index is 11.7. The van der Waals surface area contributed by atoms with Crippen molar-refractivity contribution in [2.45, 2.75) is 0 Å². The van der Waals surface area contributed by atoms with Gasteiger partial charge in [0.1, 0.15) is 11.5 Å². The summed E-state index contributed by atoms with van der Waals surface area (Å²) in [5.41, 5.74) is -0.141. The summed E-state index contributed by atoms with van der Waals surface area (Å²) in [6, 6.07) is 2.57. The molecule has 0 aliphatic heterocycles. The zero-order valence-corrected chi connectivity index (χ0v) is 9.51. The summed E-state index contributed by atoms with van der Waals surface area (Å²) in [6.07, 6.45) is 2.50. The van der Waals surface area contributed by atoms with Gasteiger partial charge in [0.15, 0.2) is 0 Å². The van der Waals surface area contributed by atoms with Crippen LogP contribution in [0.5, 0.6) is 0 Å². The molecule has 18 heavy (non-hydrogen) atoms. The lowest BCUT2D eigenvalue weighted by Gasteiger charge is -2.01. The average Bonchev–Trinajstić information content (AvgIpc) is 2.78. The number of nitro groups is 1. The predicted molar refractivity (Wildman–Crippen MR) is 62.4 cm³/mol. The number of hydrogen-bond donors (Lipinski definition) is 2. The van der Waals surface area contributed by atoms with Gasteiger partial charge in [0.05, 0.1) is 11.1 Å². The fraction of sp³-hybridized carbons (Fsp3) is 0. The van der Waals surface area contributed by atoms with Crippen molar-refractivity contribution in [3.63, 3.8) is 0 Å². The lowest BCUT2D eigenvalue weighted by molar-refractivity contribution is -0.384. The minimum absolute atomic E-state index is 0.00901. The van der Waals surface area contributed by atoms with Crippen LogP contribution in [0.15, 0.2) is 24.5 Å². The number of hydrogen-bond acceptors (Lipinski definition) is 5. The molecule has 0 aliphatic carbocycles. The van der Waals surface area contributed by atoms with Gasteiger partial charge in [-0.1, -0.05) is 0 Å². The molecule has 0 saturated carbocycles. The summed E-state index contributed by atoms with van der Waals surface area (Å²) < 4.78 is 0. The third kappa shape index (κ3) is 2.61. The molecule has 1 amide bonds. The van der Waals surface area contributed by atoms with Crippen LogP contribution < -0.4 is 5.32 Å². The SMILES string of the molecule is O=C(Nc1ccnc(Cl)n1)c1cc([N+](=O)[O-])c[nH]1. The number of halogens is 1. The lowest BCUT2D eigenvalue weighted by Crippen LogP contribution is -2.13. The molecule has 0 bridgehead atoms. The van der Waals surface area contributed by atoms with Gasteiger partial charge >= 0.3 is 0 Å². The third-order valence-corrected chi connectivity index (χ3v) is 2.17. The molecule has 2 rings (SSSR count). The number of anilines is 1. The highest BCUT2D eigenvalue weighted by atomic mass is 35.5. The molecule has 2 heterocycles. The van der Waals surface area contributed by atoms with Gasteiger partial charge in [0.2, 0.25) is 5.28 Å². The fourth-order valence-corrected chi connectivity index (χ4v) is 1.35. The van der Waals surface area contributed by atoms with E-state index >= 15 is 0 Å². The molecule has 0 atom stereocenters. The number of carbonyl (C=O) groups excluding carboxylic acids is 1. The van der Waals surface area contributed by atoms with Crippen LogP contribution in [0.1, 0.15) is 10.5 Å². The second kappa shape index (κ2) is 4.80. The molecule has 0 fully saturated rings. The minimum Gasteiger partial charge on any atom is -0.351 e. The highest BCUT2D eigenvalue weighted by molar-refractivity contribution is 6.28. The first-order valence-corrected chi connectivity index (χ1v) is 5.07. The number of aromatic amines is 1. The smallest absolute Gasteiger partial charge is 0.287 e. The molecular weight excluding hydrogens is 262 g/mol. The number of H-pyrrole nitrogens is 1.